The van der Waals surface area contributed by atoms with E-state index in [9.17, 15) is 24.0 Å². The number of halogens is 2. The minimum Gasteiger partial charge on any atom is -0.508 e. The van der Waals surface area contributed by atoms with E-state index in [1.807, 2.05) is 24.3 Å². The number of nitrogens with one attached hydrogen (secondary N) is 1. The number of ether oxygens (including phenoxy) is 1. The largest absolute Gasteiger partial charge is 0.508 e. The quantitative estimate of drug-likeness (QED) is 0.157. The molecule has 0 aromatic heterocycles. The van der Waals surface area contributed by atoms with Gasteiger partial charge in [-0.1, -0.05) is 46.9 Å². The van der Waals surface area contributed by atoms with Crippen LogP contribution in [0.4, 0.5) is 20.2 Å². The summed E-state index contributed by atoms with van der Waals surface area (Å²) in [6, 6.07) is 26.7. The molecule has 12 heteroatoms. The zero-order chi connectivity index (χ0) is 41.8. The van der Waals surface area contributed by atoms with Crippen molar-refractivity contribution in [1.82, 2.24) is 15.3 Å². The number of imide groups is 1. The van der Waals surface area contributed by atoms with Gasteiger partial charge in [0.05, 0.1) is 17.4 Å². The van der Waals surface area contributed by atoms with E-state index in [2.05, 4.69) is 62.5 Å². The third kappa shape index (κ3) is 7.51. The van der Waals surface area contributed by atoms with E-state index in [1.165, 1.54) is 42.4 Å². The van der Waals surface area contributed by atoms with Crippen LogP contribution in [0.3, 0.4) is 0 Å². The van der Waals surface area contributed by atoms with Crippen molar-refractivity contribution >= 4 is 29.1 Å². The number of rotatable bonds is 5. The highest BCUT2D eigenvalue weighted by molar-refractivity contribution is 6.00. The SMILES string of the molecule is O=C1CCCC(=O)N1F.O=C1NCc2c1ccc1c2OCC2CN(CC3CCC4(CC3)CN(c3ccc(C5c6ccc(O)cc6CCC5c5ccccc5)cc3F)C4)CCN12. The molecule has 61 heavy (non-hydrogen) atoms. The average Bonchev–Trinajstić information content (AvgIpc) is 3.65. The lowest BCUT2D eigenvalue weighted by Gasteiger charge is -2.55. The molecular weight excluding hydrogens is 777 g/mol. The van der Waals surface area contributed by atoms with Crippen LogP contribution in [-0.2, 0) is 22.6 Å². The highest BCUT2D eigenvalue weighted by Crippen LogP contribution is 2.50. The molecule has 3 amide bonds. The lowest BCUT2D eigenvalue weighted by atomic mass is 9.65. The second-order valence-corrected chi connectivity index (χ2v) is 18.4. The van der Waals surface area contributed by atoms with Crippen LogP contribution >= 0.6 is 0 Å². The van der Waals surface area contributed by atoms with Crippen molar-refractivity contribution in [2.24, 2.45) is 11.3 Å². The van der Waals surface area contributed by atoms with Crippen molar-refractivity contribution in [2.45, 2.75) is 82.2 Å². The van der Waals surface area contributed by atoms with Crippen molar-refractivity contribution < 1.29 is 33.1 Å². The summed E-state index contributed by atoms with van der Waals surface area (Å²) in [5, 5.41) is 12.8. The monoisotopic (exact) mass is 829 g/mol. The third-order valence-electron chi connectivity index (χ3n) is 14.6. The fourth-order valence-corrected chi connectivity index (χ4v) is 11.4. The molecule has 10 nitrogen and oxygen atoms in total. The molecule has 7 aliphatic rings. The zero-order valence-electron chi connectivity index (χ0n) is 34.5. The smallest absolute Gasteiger partial charge is 0.258 e. The molecule has 5 heterocycles. The number of anilines is 2. The lowest BCUT2D eigenvalue weighted by molar-refractivity contribution is -0.165. The molecule has 0 bridgehead atoms. The van der Waals surface area contributed by atoms with Crippen molar-refractivity contribution in [1.29, 1.82) is 0 Å². The molecule has 318 valence electrons. The van der Waals surface area contributed by atoms with Gasteiger partial charge in [0.2, 0.25) is 0 Å². The second kappa shape index (κ2) is 16.1. The first-order chi connectivity index (χ1) is 29.6. The Kier molecular flexibility index (Phi) is 10.5. The molecule has 2 aliphatic carbocycles. The van der Waals surface area contributed by atoms with E-state index < -0.39 is 11.8 Å². The first-order valence-corrected chi connectivity index (χ1v) is 22.1. The van der Waals surface area contributed by atoms with Gasteiger partial charge < -0.3 is 25.0 Å². The fraction of sp³-hybridized carbons (Fsp3) is 0.449. The van der Waals surface area contributed by atoms with E-state index >= 15 is 4.39 Å². The number of phenols is 1. The Morgan fingerprint density at radius 3 is 2.36 bits per heavy atom. The van der Waals surface area contributed by atoms with Crippen LogP contribution in [0.1, 0.15) is 101 Å². The predicted molar refractivity (Wildman–Crippen MR) is 228 cm³/mol. The Hall–Kier alpha value is -5.49. The number of hydrogen-bond acceptors (Lipinski definition) is 8. The number of benzene rings is 4. The minimum absolute atomic E-state index is 0.000711. The first-order valence-electron chi connectivity index (χ1n) is 22.1. The Bertz CT molecular complexity index is 2330. The number of carbonyl (C=O) groups excluding carboxylic acids is 3. The van der Waals surface area contributed by atoms with Crippen LogP contribution in [0.15, 0.2) is 78.9 Å². The molecule has 0 radical (unpaired) electrons. The minimum atomic E-state index is -0.716. The van der Waals surface area contributed by atoms with E-state index in [0.29, 0.717) is 42.7 Å². The number of amides is 3. The number of piperidine rings is 1. The summed E-state index contributed by atoms with van der Waals surface area (Å²) in [5.41, 5.74) is 8.61. The van der Waals surface area contributed by atoms with Crippen molar-refractivity contribution in [3.05, 3.63) is 118 Å². The molecule has 3 atom stereocenters. The van der Waals surface area contributed by atoms with Crippen LogP contribution in [0, 0.1) is 17.2 Å². The normalized spacial score (nSPS) is 24.4. The summed E-state index contributed by atoms with van der Waals surface area (Å²) in [6.45, 7) is 7.30. The molecule has 3 saturated heterocycles. The maximum atomic E-state index is 16.1. The van der Waals surface area contributed by atoms with Gasteiger partial charge in [-0.05, 0) is 115 Å². The number of fused-ring (bicyclic) bond motifs is 6. The highest BCUT2D eigenvalue weighted by atomic mass is 19.2. The van der Waals surface area contributed by atoms with E-state index in [1.54, 1.807) is 12.1 Å². The Balaban J connectivity index is 0.000000442. The highest BCUT2D eigenvalue weighted by Gasteiger charge is 2.46. The van der Waals surface area contributed by atoms with Crippen LogP contribution in [-0.4, -0.2) is 84.8 Å². The van der Waals surface area contributed by atoms with E-state index in [0.717, 1.165) is 85.9 Å². The van der Waals surface area contributed by atoms with Crippen LogP contribution < -0.4 is 19.9 Å². The van der Waals surface area contributed by atoms with Gasteiger partial charge in [-0.3, -0.25) is 19.3 Å². The maximum absolute atomic E-state index is 16.1. The molecule has 3 unspecified atom stereocenters. The van der Waals surface area contributed by atoms with Crippen LogP contribution in [0.25, 0.3) is 0 Å². The van der Waals surface area contributed by atoms with Gasteiger partial charge >= 0.3 is 0 Å². The number of phenolic OH excluding ortho intramolecular Hbond substituents is 1. The topological polar surface area (TPSA) is 106 Å². The third-order valence-corrected chi connectivity index (χ3v) is 14.6. The number of aryl methyl sites for hydroxylation is 1. The van der Waals surface area contributed by atoms with Gasteiger partial charge in [0.1, 0.15) is 23.9 Å². The summed E-state index contributed by atoms with van der Waals surface area (Å²) >= 11 is 0. The number of carbonyl (C=O) groups is 3. The molecule has 4 aromatic carbocycles. The zero-order valence-corrected chi connectivity index (χ0v) is 34.5. The molecule has 5 aliphatic heterocycles. The summed E-state index contributed by atoms with van der Waals surface area (Å²) in [6.07, 6.45) is 7.58. The van der Waals surface area contributed by atoms with E-state index in [4.69, 9.17) is 4.74 Å². The molecule has 11 rings (SSSR count). The van der Waals surface area contributed by atoms with Crippen LogP contribution in [0.2, 0.25) is 0 Å². The van der Waals surface area contributed by atoms with Crippen molar-refractivity contribution in [2.75, 3.05) is 55.7 Å². The number of nitrogens with zero attached hydrogens (tertiary/aromatic N) is 4. The van der Waals surface area contributed by atoms with Gasteiger partial charge in [-0.2, -0.15) is 0 Å². The number of hydrogen-bond donors (Lipinski definition) is 2. The molecular formula is C49H53F2N5O5. The molecule has 4 fully saturated rings. The Morgan fingerprint density at radius 1 is 0.836 bits per heavy atom. The average molecular weight is 830 g/mol. The summed E-state index contributed by atoms with van der Waals surface area (Å²) < 4.78 is 34.5. The van der Waals surface area contributed by atoms with Gasteiger partial charge in [0, 0.05) is 81.1 Å². The van der Waals surface area contributed by atoms with Crippen molar-refractivity contribution in [3.8, 4) is 11.5 Å². The fourth-order valence-electron chi connectivity index (χ4n) is 11.4. The predicted octanol–water partition coefficient (Wildman–Crippen LogP) is 7.63. The molecule has 4 aromatic rings. The van der Waals surface area contributed by atoms with Gasteiger partial charge in [0.25, 0.3) is 17.7 Å². The second-order valence-electron chi connectivity index (χ2n) is 18.4. The summed E-state index contributed by atoms with van der Waals surface area (Å²) in [4.78, 5) is 40.3. The van der Waals surface area contributed by atoms with Gasteiger partial charge in [-0.15, -0.1) is 5.12 Å². The van der Waals surface area contributed by atoms with Gasteiger partial charge in [0.15, 0.2) is 0 Å². The molecule has 2 N–H and O–H groups in total. The number of piperazine rings is 1. The van der Waals surface area contributed by atoms with Gasteiger partial charge in [-0.25, -0.2) is 4.39 Å². The number of aromatic hydroxyl groups is 1. The van der Waals surface area contributed by atoms with E-state index in [-0.39, 0.29) is 41.5 Å². The Labute approximate surface area is 355 Å². The van der Waals surface area contributed by atoms with Crippen molar-refractivity contribution in [3.63, 3.8) is 0 Å². The molecule has 1 saturated carbocycles. The summed E-state index contributed by atoms with van der Waals surface area (Å²) in [5.74, 6) is 0.648. The first kappa shape index (κ1) is 39.6. The van der Waals surface area contributed by atoms with Crippen LogP contribution in [0.5, 0.6) is 11.5 Å². The standard InChI is InChI=1S/C44H47FN4O3.C5H6FNO2/c45-38-21-31(41-34(29-4-2-1-3-5-29)9-6-30-20-33(50)8-10-35(30)41)7-12-39(38)48-26-44(27-48)16-14-28(15-17-44)23-47-18-19-49-32(24-47)25-52-42-37-22-46-43(51)36(37)11-13-40(42)49;6-7-4(8)2-1-3-5(7)9/h1-5,7-8,10-13,20-21,28,32,34,41,50H,6,9,14-19,22-27H2,(H,46,51);1-3H2. The Morgan fingerprint density at radius 2 is 1.61 bits per heavy atom. The summed E-state index contributed by atoms with van der Waals surface area (Å²) in [7, 11) is 0. The lowest BCUT2D eigenvalue weighted by Crippen LogP contribution is -2.59. The molecule has 1 spiro atoms. The maximum Gasteiger partial charge on any atom is 0.258 e.